The average Bonchev–Trinajstić information content (AvgIpc) is 2.95. The zero-order valence-electron chi connectivity index (χ0n) is 10.7. The van der Waals surface area contributed by atoms with Gasteiger partial charge in [0.05, 0.1) is 18.6 Å². The second kappa shape index (κ2) is 4.45. The molecule has 0 amide bonds. The van der Waals surface area contributed by atoms with E-state index in [9.17, 15) is 9.59 Å². The zero-order chi connectivity index (χ0) is 13.6. The number of nitrogens with zero attached hydrogens (tertiary/aromatic N) is 1. The van der Waals surface area contributed by atoms with Crippen molar-refractivity contribution in [3.8, 4) is 0 Å². The van der Waals surface area contributed by atoms with E-state index in [-0.39, 0.29) is 29.6 Å². The Balaban J connectivity index is 1.92. The molecule has 2 aliphatic heterocycles. The molecule has 3 unspecified atom stereocenters. The van der Waals surface area contributed by atoms with Crippen molar-refractivity contribution in [3.63, 3.8) is 0 Å². The quantitative estimate of drug-likeness (QED) is 0.840. The fraction of sp³-hybridized carbons (Fsp3) is 0.615. The number of hydrogen-bond donors (Lipinski definition) is 2. The number of rotatable bonds is 3. The number of carbonyl (C=O) groups is 1. The molecule has 6 heteroatoms. The molecule has 1 aromatic heterocycles. The number of aliphatic carboxylic acids is 1. The molecule has 0 aliphatic carbocycles. The molecule has 1 aromatic rings. The molecule has 0 spiro atoms. The van der Waals surface area contributed by atoms with Crippen molar-refractivity contribution in [3.05, 3.63) is 27.4 Å². The van der Waals surface area contributed by atoms with Crippen LogP contribution in [-0.2, 0) is 16.0 Å². The Labute approximate surface area is 109 Å². The summed E-state index contributed by atoms with van der Waals surface area (Å²) in [5.74, 6) is -0.237. The van der Waals surface area contributed by atoms with Crippen LogP contribution in [0.1, 0.15) is 42.3 Å². The van der Waals surface area contributed by atoms with Crippen LogP contribution in [-0.4, -0.2) is 33.3 Å². The summed E-state index contributed by atoms with van der Waals surface area (Å²) in [5, 5.41) is 8.78. The Morgan fingerprint density at radius 3 is 2.84 bits per heavy atom. The molecule has 0 radical (unpaired) electrons. The topological polar surface area (TPSA) is 92.3 Å². The smallest absolute Gasteiger partial charge is 0.308 e. The number of aromatic nitrogens is 2. The lowest BCUT2D eigenvalue weighted by Gasteiger charge is -2.18. The molecule has 2 N–H and O–H groups in total. The summed E-state index contributed by atoms with van der Waals surface area (Å²) >= 11 is 0. The van der Waals surface area contributed by atoms with Gasteiger partial charge in [-0.15, -0.1) is 0 Å². The van der Waals surface area contributed by atoms with E-state index in [4.69, 9.17) is 9.84 Å². The van der Waals surface area contributed by atoms with Gasteiger partial charge in [0.2, 0.25) is 0 Å². The minimum Gasteiger partial charge on any atom is -0.481 e. The van der Waals surface area contributed by atoms with Crippen molar-refractivity contribution < 1.29 is 14.6 Å². The Hall–Kier alpha value is -1.69. The predicted octanol–water partition coefficient (Wildman–Crippen LogP) is 0.740. The standard InChI is InChI=1S/C13H16N2O4/c1-6-8(5-11(16)17)13(18)15-12(14-6)9-4-7-2-3-10(9)19-7/h7,9-10H,2-5H2,1H3,(H,16,17)(H,14,15,18). The fourth-order valence-corrected chi connectivity index (χ4v) is 3.09. The van der Waals surface area contributed by atoms with Gasteiger partial charge < -0.3 is 14.8 Å². The number of H-pyrrole nitrogens is 1. The van der Waals surface area contributed by atoms with E-state index in [1.807, 2.05) is 0 Å². The number of fused-ring (bicyclic) bond motifs is 2. The highest BCUT2D eigenvalue weighted by atomic mass is 16.5. The van der Waals surface area contributed by atoms with E-state index in [0.717, 1.165) is 19.3 Å². The van der Waals surface area contributed by atoms with Crippen molar-refractivity contribution in [2.75, 3.05) is 0 Å². The Morgan fingerprint density at radius 2 is 2.32 bits per heavy atom. The zero-order valence-corrected chi connectivity index (χ0v) is 10.7. The van der Waals surface area contributed by atoms with E-state index in [2.05, 4.69) is 9.97 Å². The van der Waals surface area contributed by atoms with Crippen molar-refractivity contribution in [1.29, 1.82) is 0 Å². The van der Waals surface area contributed by atoms with Crippen LogP contribution in [0.5, 0.6) is 0 Å². The summed E-state index contributed by atoms with van der Waals surface area (Å²) in [7, 11) is 0. The highest BCUT2D eigenvalue weighted by Crippen LogP contribution is 2.43. The van der Waals surface area contributed by atoms with E-state index in [1.54, 1.807) is 6.92 Å². The van der Waals surface area contributed by atoms with Gasteiger partial charge in [-0.3, -0.25) is 9.59 Å². The van der Waals surface area contributed by atoms with Gasteiger partial charge in [0, 0.05) is 17.2 Å². The third kappa shape index (κ3) is 2.16. The van der Waals surface area contributed by atoms with Crippen molar-refractivity contribution >= 4 is 5.97 Å². The molecule has 0 saturated carbocycles. The first-order valence-corrected chi connectivity index (χ1v) is 6.51. The van der Waals surface area contributed by atoms with E-state index < -0.39 is 5.97 Å². The Kier molecular flexibility index (Phi) is 2.89. The largest absolute Gasteiger partial charge is 0.481 e. The maximum atomic E-state index is 12.0. The number of carboxylic acids is 1. The van der Waals surface area contributed by atoms with Gasteiger partial charge >= 0.3 is 5.97 Å². The first-order chi connectivity index (χ1) is 9.04. The number of hydrogen-bond acceptors (Lipinski definition) is 4. The van der Waals surface area contributed by atoms with Crippen LogP contribution in [0.15, 0.2) is 4.79 Å². The number of nitrogens with one attached hydrogen (secondary N) is 1. The van der Waals surface area contributed by atoms with Gasteiger partial charge in [0.25, 0.3) is 5.56 Å². The van der Waals surface area contributed by atoms with Crippen LogP contribution >= 0.6 is 0 Å². The normalized spacial score (nSPS) is 28.8. The lowest BCUT2D eigenvalue weighted by atomic mass is 9.88. The molecule has 3 heterocycles. The Bertz CT molecular complexity index is 580. The maximum absolute atomic E-state index is 12.0. The van der Waals surface area contributed by atoms with Gasteiger partial charge in [-0.1, -0.05) is 0 Å². The molecular weight excluding hydrogens is 248 g/mol. The van der Waals surface area contributed by atoms with E-state index in [0.29, 0.717) is 17.6 Å². The molecule has 6 nitrogen and oxygen atoms in total. The molecule has 19 heavy (non-hydrogen) atoms. The van der Waals surface area contributed by atoms with Crippen molar-refractivity contribution in [1.82, 2.24) is 9.97 Å². The maximum Gasteiger partial charge on any atom is 0.308 e. The summed E-state index contributed by atoms with van der Waals surface area (Å²) in [6, 6.07) is 0. The van der Waals surface area contributed by atoms with E-state index in [1.165, 1.54) is 0 Å². The molecule has 3 atom stereocenters. The highest BCUT2D eigenvalue weighted by Gasteiger charge is 2.42. The second-order valence-corrected chi connectivity index (χ2v) is 5.30. The summed E-state index contributed by atoms with van der Waals surface area (Å²) in [6.07, 6.45) is 3.14. The van der Waals surface area contributed by atoms with Crippen molar-refractivity contribution in [2.24, 2.45) is 0 Å². The van der Waals surface area contributed by atoms with Gasteiger partial charge in [0.15, 0.2) is 0 Å². The lowest BCUT2D eigenvalue weighted by molar-refractivity contribution is -0.136. The SMILES string of the molecule is Cc1nc(C2CC3CCC2O3)[nH]c(=O)c1CC(=O)O. The molecular formula is C13H16N2O4. The molecule has 2 aliphatic rings. The fourth-order valence-electron chi connectivity index (χ4n) is 3.09. The molecule has 0 aromatic carbocycles. The number of aryl methyl sites for hydroxylation is 1. The predicted molar refractivity (Wildman–Crippen MR) is 66.2 cm³/mol. The van der Waals surface area contributed by atoms with Gasteiger partial charge in [-0.05, 0) is 26.2 Å². The first kappa shape index (κ1) is 12.3. The second-order valence-electron chi connectivity index (χ2n) is 5.30. The minimum absolute atomic E-state index is 0.143. The minimum atomic E-state index is -1.02. The monoisotopic (exact) mass is 264 g/mol. The third-order valence-corrected chi connectivity index (χ3v) is 4.03. The van der Waals surface area contributed by atoms with Crippen LogP contribution in [0.3, 0.4) is 0 Å². The third-order valence-electron chi connectivity index (χ3n) is 4.03. The summed E-state index contributed by atoms with van der Waals surface area (Å²) < 4.78 is 5.76. The lowest BCUT2D eigenvalue weighted by Crippen LogP contribution is -2.25. The van der Waals surface area contributed by atoms with Crippen LogP contribution in [0.4, 0.5) is 0 Å². The molecule has 3 rings (SSSR count). The molecule has 2 saturated heterocycles. The average molecular weight is 264 g/mol. The van der Waals surface area contributed by atoms with Gasteiger partial charge in [0.1, 0.15) is 5.82 Å². The van der Waals surface area contributed by atoms with Crippen molar-refractivity contribution in [2.45, 2.75) is 50.7 Å². The molecule has 2 bridgehead atoms. The van der Waals surface area contributed by atoms with Crippen LogP contribution in [0.2, 0.25) is 0 Å². The molecule has 2 fully saturated rings. The summed E-state index contributed by atoms with van der Waals surface area (Å²) in [4.78, 5) is 29.8. The van der Waals surface area contributed by atoms with Crippen LogP contribution in [0.25, 0.3) is 0 Å². The van der Waals surface area contributed by atoms with Crippen LogP contribution < -0.4 is 5.56 Å². The number of ether oxygens (including phenoxy) is 1. The van der Waals surface area contributed by atoms with Crippen LogP contribution in [0, 0.1) is 6.92 Å². The first-order valence-electron chi connectivity index (χ1n) is 6.51. The summed E-state index contributed by atoms with van der Waals surface area (Å²) in [5.41, 5.74) is 0.400. The van der Waals surface area contributed by atoms with Gasteiger partial charge in [-0.25, -0.2) is 4.98 Å². The highest BCUT2D eigenvalue weighted by molar-refractivity contribution is 5.70. The molecule has 102 valence electrons. The number of aromatic amines is 1. The number of carboxylic acid groups (broad SMARTS) is 1. The van der Waals surface area contributed by atoms with Gasteiger partial charge in [-0.2, -0.15) is 0 Å². The summed E-state index contributed by atoms with van der Waals surface area (Å²) in [6.45, 7) is 1.69. The Morgan fingerprint density at radius 1 is 1.53 bits per heavy atom. The van der Waals surface area contributed by atoms with E-state index >= 15 is 0 Å².